The van der Waals surface area contributed by atoms with Crippen molar-refractivity contribution in [3.05, 3.63) is 66.1 Å². The average molecular weight is 285 g/mol. The van der Waals surface area contributed by atoms with Gasteiger partial charge >= 0.3 is 0 Å². The van der Waals surface area contributed by atoms with Gasteiger partial charge in [0.25, 0.3) is 0 Å². The fourth-order valence-corrected chi connectivity index (χ4v) is 1.95. The van der Waals surface area contributed by atoms with Crippen molar-refractivity contribution in [3.63, 3.8) is 0 Å². The maximum absolute atomic E-state index is 13.1. The van der Waals surface area contributed by atoms with Crippen molar-refractivity contribution in [1.29, 1.82) is 0 Å². The van der Waals surface area contributed by atoms with E-state index < -0.39 is 11.9 Å². The Morgan fingerprint density at radius 3 is 2.76 bits per heavy atom. The molecule has 0 radical (unpaired) electrons. The summed E-state index contributed by atoms with van der Waals surface area (Å²) in [4.78, 5) is 8.12. The Kier molecular flexibility index (Phi) is 3.70. The lowest BCUT2D eigenvalue weighted by atomic mass is 10.1. The number of aliphatic hydroxyl groups excluding tert-OH is 1. The zero-order valence-electron chi connectivity index (χ0n) is 11.0. The Morgan fingerprint density at radius 1 is 1.19 bits per heavy atom. The number of aromatic nitrogens is 3. The van der Waals surface area contributed by atoms with Gasteiger partial charge in [0.1, 0.15) is 5.82 Å². The van der Waals surface area contributed by atoms with Crippen LogP contribution in [0.2, 0.25) is 0 Å². The predicted octanol–water partition coefficient (Wildman–Crippen LogP) is 2.55. The zero-order chi connectivity index (χ0) is 14.7. The highest BCUT2D eigenvalue weighted by atomic mass is 19.1. The highest BCUT2D eigenvalue weighted by Crippen LogP contribution is 2.20. The van der Waals surface area contributed by atoms with Crippen LogP contribution in [0.1, 0.15) is 17.6 Å². The molecule has 6 heteroatoms. The number of nitrogens with zero attached hydrogens (tertiary/aromatic N) is 3. The third kappa shape index (κ3) is 3.11. The summed E-state index contributed by atoms with van der Waals surface area (Å²) >= 11 is 0. The molecule has 2 aromatic heterocycles. The van der Waals surface area contributed by atoms with Crippen molar-refractivity contribution in [1.82, 2.24) is 15.1 Å². The molecular formula is C15H12FN3O2. The van der Waals surface area contributed by atoms with E-state index in [2.05, 4.69) is 15.1 Å². The van der Waals surface area contributed by atoms with E-state index in [9.17, 15) is 9.50 Å². The maximum atomic E-state index is 13.1. The van der Waals surface area contributed by atoms with Crippen LogP contribution in [0.25, 0.3) is 11.4 Å². The topological polar surface area (TPSA) is 72.0 Å². The molecule has 2 heterocycles. The number of benzene rings is 1. The van der Waals surface area contributed by atoms with Crippen molar-refractivity contribution in [2.24, 2.45) is 0 Å². The molecule has 0 saturated heterocycles. The normalized spacial score (nSPS) is 12.3. The Hall–Kier alpha value is -2.60. The smallest absolute Gasteiger partial charge is 0.229 e. The monoisotopic (exact) mass is 285 g/mol. The molecule has 0 spiro atoms. The van der Waals surface area contributed by atoms with Crippen LogP contribution in [0.3, 0.4) is 0 Å². The van der Waals surface area contributed by atoms with Crippen molar-refractivity contribution >= 4 is 0 Å². The molecule has 0 aliphatic heterocycles. The summed E-state index contributed by atoms with van der Waals surface area (Å²) in [5.41, 5.74) is 1.25. The number of halogens is 1. The number of hydrogen-bond donors (Lipinski definition) is 1. The van der Waals surface area contributed by atoms with Crippen LogP contribution < -0.4 is 0 Å². The van der Waals surface area contributed by atoms with E-state index in [0.717, 1.165) is 5.56 Å². The van der Waals surface area contributed by atoms with E-state index in [4.69, 9.17) is 4.52 Å². The molecule has 0 aliphatic carbocycles. The number of hydrogen-bond acceptors (Lipinski definition) is 5. The maximum Gasteiger partial charge on any atom is 0.229 e. The van der Waals surface area contributed by atoms with E-state index in [-0.39, 0.29) is 6.42 Å². The van der Waals surface area contributed by atoms with E-state index in [1.165, 1.54) is 12.1 Å². The van der Waals surface area contributed by atoms with Gasteiger partial charge in [-0.3, -0.25) is 4.98 Å². The van der Waals surface area contributed by atoms with E-state index in [1.54, 1.807) is 36.7 Å². The van der Waals surface area contributed by atoms with E-state index in [1.807, 2.05) is 0 Å². The first-order valence-corrected chi connectivity index (χ1v) is 6.39. The van der Waals surface area contributed by atoms with Crippen LogP contribution in [0.15, 0.2) is 53.3 Å². The van der Waals surface area contributed by atoms with Gasteiger partial charge in [-0.1, -0.05) is 17.3 Å². The quantitative estimate of drug-likeness (QED) is 0.797. The fraction of sp³-hybridized carbons (Fsp3) is 0.133. The van der Waals surface area contributed by atoms with Crippen molar-refractivity contribution in [2.75, 3.05) is 0 Å². The Morgan fingerprint density at radius 2 is 2.00 bits per heavy atom. The first-order valence-electron chi connectivity index (χ1n) is 6.39. The first-order chi connectivity index (χ1) is 10.2. The minimum absolute atomic E-state index is 0.127. The van der Waals surface area contributed by atoms with Crippen molar-refractivity contribution < 1.29 is 14.0 Å². The Balaban J connectivity index is 1.75. The van der Waals surface area contributed by atoms with Crippen molar-refractivity contribution in [3.8, 4) is 11.4 Å². The van der Waals surface area contributed by atoms with Crippen molar-refractivity contribution in [2.45, 2.75) is 12.5 Å². The lowest BCUT2D eigenvalue weighted by molar-refractivity contribution is 0.164. The summed E-state index contributed by atoms with van der Waals surface area (Å²) in [6.07, 6.45) is 2.49. The molecule has 0 amide bonds. The number of aliphatic hydroxyl groups is 1. The summed E-state index contributed by atoms with van der Waals surface area (Å²) in [5, 5.41) is 13.9. The molecular weight excluding hydrogens is 273 g/mol. The van der Waals surface area contributed by atoms with Crippen LogP contribution >= 0.6 is 0 Å². The zero-order valence-corrected chi connectivity index (χ0v) is 11.0. The Bertz CT molecular complexity index is 731. The number of rotatable bonds is 4. The van der Waals surface area contributed by atoms with Gasteiger partial charge in [-0.05, 0) is 29.8 Å². The van der Waals surface area contributed by atoms with Crippen LogP contribution in [-0.4, -0.2) is 20.2 Å². The van der Waals surface area contributed by atoms with E-state index in [0.29, 0.717) is 17.3 Å². The third-order valence-corrected chi connectivity index (χ3v) is 3.01. The summed E-state index contributed by atoms with van der Waals surface area (Å²) < 4.78 is 18.2. The highest BCUT2D eigenvalue weighted by molar-refractivity contribution is 5.52. The summed E-state index contributed by atoms with van der Waals surface area (Å²) in [6.45, 7) is 0. The molecule has 3 rings (SSSR count). The standard InChI is InChI=1S/C15H12FN3O2/c16-12-3-1-2-11(8-12)13(20)9-14-18-15(19-21-14)10-4-6-17-7-5-10/h1-8,13,20H,9H2. The van der Waals surface area contributed by atoms with Gasteiger partial charge in [0.05, 0.1) is 12.5 Å². The molecule has 0 saturated carbocycles. The van der Waals surface area contributed by atoms with Gasteiger partial charge < -0.3 is 9.63 Å². The van der Waals surface area contributed by atoms with Gasteiger partial charge in [-0.15, -0.1) is 0 Å². The predicted molar refractivity (Wildman–Crippen MR) is 72.6 cm³/mol. The first kappa shape index (κ1) is 13.4. The lowest BCUT2D eigenvalue weighted by Crippen LogP contribution is -2.02. The highest BCUT2D eigenvalue weighted by Gasteiger charge is 2.15. The molecule has 0 aliphatic rings. The van der Waals surface area contributed by atoms with Gasteiger partial charge in [-0.25, -0.2) is 4.39 Å². The SMILES string of the molecule is OC(Cc1nc(-c2ccncc2)no1)c1cccc(F)c1. The van der Waals surface area contributed by atoms with Gasteiger partial charge in [0, 0.05) is 18.0 Å². The third-order valence-electron chi connectivity index (χ3n) is 3.01. The van der Waals surface area contributed by atoms with Crippen LogP contribution in [0.5, 0.6) is 0 Å². The molecule has 0 fully saturated rings. The van der Waals surface area contributed by atoms with E-state index >= 15 is 0 Å². The van der Waals surface area contributed by atoms with Gasteiger partial charge in [-0.2, -0.15) is 4.98 Å². The summed E-state index contributed by atoms with van der Waals surface area (Å²) in [5.74, 6) is 0.326. The molecule has 0 bridgehead atoms. The second kappa shape index (κ2) is 5.80. The summed E-state index contributed by atoms with van der Waals surface area (Å²) in [7, 11) is 0. The lowest BCUT2D eigenvalue weighted by Gasteiger charge is -2.07. The van der Waals surface area contributed by atoms with Gasteiger partial charge in [0.15, 0.2) is 0 Å². The van der Waals surface area contributed by atoms with Gasteiger partial charge in [0.2, 0.25) is 11.7 Å². The minimum atomic E-state index is -0.897. The van der Waals surface area contributed by atoms with Crippen LogP contribution in [0.4, 0.5) is 4.39 Å². The molecule has 5 nitrogen and oxygen atoms in total. The van der Waals surface area contributed by atoms with Crippen LogP contribution in [-0.2, 0) is 6.42 Å². The second-order valence-electron chi connectivity index (χ2n) is 4.52. The molecule has 3 aromatic rings. The Labute approximate surface area is 120 Å². The molecule has 1 atom stereocenters. The average Bonchev–Trinajstić information content (AvgIpc) is 2.97. The largest absolute Gasteiger partial charge is 0.388 e. The molecule has 21 heavy (non-hydrogen) atoms. The second-order valence-corrected chi connectivity index (χ2v) is 4.52. The summed E-state index contributed by atoms with van der Waals surface area (Å²) in [6, 6.07) is 9.32. The molecule has 1 aromatic carbocycles. The molecule has 106 valence electrons. The number of pyridine rings is 1. The fourth-order valence-electron chi connectivity index (χ4n) is 1.95. The minimum Gasteiger partial charge on any atom is -0.388 e. The molecule has 1 unspecified atom stereocenters. The molecule has 1 N–H and O–H groups in total. The van der Waals surface area contributed by atoms with Crippen LogP contribution in [0, 0.1) is 5.82 Å².